The first-order valence-electron chi connectivity index (χ1n) is 5.40. The summed E-state index contributed by atoms with van der Waals surface area (Å²) in [5.74, 6) is -0.461. The summed E-state index contributed by atoms with van der Waals surface area (Å²) < 4.78 is 5.31. The summed E-state index contributed by atoms with van der Waals surface area (Å²) in [6.45, 7) is 1.65. The molecule has 0 amide bonds. The van der Waals surface area contributed by atoms with Crippen molar-refractivity contribution in [1.82, 2.24) is 0 Å². The van der Waals surface area contributed by atoms with Crippen LogP contribution < -0.4 is 4.74 Å². The maximum Gasteiger partial charge on any atom is 0.371 e. The highest BCUT2D eigenvalue weighted by Gasteiger charge is 2.13. The SMILES string of the molecule is C/C=C(\Oc1ccc2c(c1)CCC2)C(=O)O. The van der Waals surface area contributed by atoms with E-state index in [0.717, 1.165) is 12.8 Å². The van der Waals surface area contributed by atoms with Crippen molar-refractivity contribution in [3.8, 4) is 5.75 Å². The lowest BCUT2D eigenvalue weighted by molar-refractivity contribution is -0.135. The Morgan fingerprint density at radius 1 is 1.38 bits per heavy atom. The van der Waals surface area contributed by atoms with Crippen molar-refractivity contribution in [2.75, 3.05) is 0 Å². The van der Waals surface area contributed by atoms with Crippen LogP contribution >= 0.6 is 0 Å². The lowest BCUT2D eigenvalue weighted by atomic mass is 10.1. The molecule has 0 atom stereocenters. The maximum atomic E-state index is 10.8. The molecule has 1 aromatic carbocycles. The first-order chi connectivity index (χ1) is 7.70. The van der Waals surface area contributed by atoms with Gasteiger partial charge in [0.05, 0.1) is 0 Å². The third-order valence-electron chi connectivity index (χ3n) is 2.77. The Bertz CT molecular complexity index is 446. The van der Waals surface area contributed by atoms with Crippen molar-refractivity contribution in [2.24, 2.45) is 0 Å². The molecule has 1 aliphatic carbocycles. The zero-order chi connectivity index (χ0) is 11.5. The van der Waals surface area contributed by atoms with Crippen LogP contribution in [0.4, 0.5) is 0 Å². The average Bonchev–Trinajstić information content (AvgIpc) is 2.72. The van der Waals surface area contributed by atoms with Gasteiger partial charge in [-0.2, -0.15) is 0 Å². The van der Waals surface area contributed by atoms with E-state index in [4.69, 9.17) is 9.84 Å². The number of fused-ring (bicyclic) bond motifs is 1. The van der Waals surface area contributed by atoms with E-state index >= 15 is 0 Å². The number of allylic oxidation sites excluding steroid dienone is 1. The van der Waals surface area contributed by atoms with Gasteiger partial charge in [0.2, 0.25) is 5.76 Å². The molecule has 3 nitrogen and oxygen atoms in total. The molecule has 1 aliphatic rings. The van der Waals surface area contributed by atoms with Crippen LogP contribution in [0.15, 0.2) is 30.0 Å². The van der Waals surface area contributed by atoms with Crippen molar-refractivity contribution in [1.29, 1.82) is 0 Å². The fourth-order valence-corrected chi connectivity index (χ4v) is 1.96. The monoisotopic (exact) mass is 218 g/mol. The maximum absolute atomic E-state index is 10.8. The molecule has 0 heterocycles. The topological polar surface area (TPSA) is 46.5 Å². The molecule has 0 saturated heterocycles. The smallest absolute Gasteiger partial charge is 0.371 e. The number of hydrogen-bond acceptors (Lipinski definition) is 2. The number of carboxylic acids is 1. The van der Waals surface area contributed by atoms with Crippen LogP contribution in [0.5, 0.6) is 5.75 Å². The predicted octanol–water partition coefficient (Wildman–Crippen LogP) is 2.54. The van der Waals surface area contributed by atoms with Crippen molar-refractivity contribution >= 4 is 5.97 Å². The van der Waals surface area contributed by atoms with Crippen LogP contribution in [0.1, 0.15) is 24.5 Å². The molecule has 2 rings (SSSR count). The molecular weight excluding hydrogens is 204 g/mol. The van der Waals surface area contributed by atoms with Crippen molar-refractivity contribution < 1.29 is 14.6 Å². The molecule has 1 N–H and O–H groups in total. The summed E-state index contributed by atoms with van der Waals surface area (Å²) in [5, 5.41) is 8.83. The molecule has 3 heteroatoms. The van der Waals surface area contributed by atoms with Crippen LogP contribution in [0, 0.1) is 0 Å². The van der Waals surface area contributed by atoms with E-state index in [1.165, 1.54) is 23.6 Å². The zero-order valence-corrected chi connectivity index (χ0v) is 9.19. The van der Waals surface area contributed by atoms with Crippen LogP contribution in [-0.4, -0.2) is 11.1 Å². The first kappa shape index (κ1) is 10.7. The lowest BCUT2D eigenvalue weighted by Crippen LogP contribution is -2.07. The molecule has 0 unspecified atom stereocenters. The number of aliphatic carboxylic acids is 1. The molecule has 0 aliphatic heterocycles. The van der Waals surface area contributed by atoms with Gasteiger partial charge in [-0.3, -0.25) is 0 Å². The molecule has 0 fully saturated rings. The second-order valence-electron chi connectivity index (χ2n) is 3.84. The summed E-state index contributed by atoms with van der Waals surface area (Å²) in [6.07, 6.45) is 4.81. The highest BCUT2D eigenvalue weighted by molar-refractivity contribution is 5.84. The van der Waals surface area contributed by atoms with E-state index in [0.29, 0.717) is 5.75 Å². The minimum atomic E-state index is -1.04. The highest BCUT2D eigenvalue weighted by Crippen LogP contribution is 2.26. The molecule has 0 radical (unpaired) electrons. The summed E-state index contributed by atoms with van der Waals surface area (Å²) in [6, 6.07) is 5.79. The fourth-order valence-electron chi connectivity index (χ4n) is 1.96. The number of aryl methyl sites for hydroxylation is 2. The number of hydrogen-bond donors (Lipinski definition) is 1. The zero-order valence-electron chi connectivity index (χ0n) is 9.19. The summed E-state index contributed by atoms with van der Waals surface area (Å²) in [7, 11) is 0. The van der Waals surface area contributed by atoms with Crippen LogP contribution in [0.3, 0.4) is 0 Å². The number of benzene rings is 1. The van der Waals surface area contributed by atoms with E-state index in [1.54, 1.807) is 6.92 Å². The predicted molar refractivity (Wildman–Crippen MR) is 60.5 cm³/mol. The minimum Gasteiger partial charge on any atom is -0.475 e. The largest absolute Gasteiger partial charge is 0.475 e. The van der Waals surface area contributed by atoms with E-state index in [1.807, 2.05) is 18.2 Å². The summed E-state index contributed by atoms with van der Waals surface area (Å²) in [5.41, 5.74) is 2.63. The standard InChI is InChI=1S/C13H14O3/c1-2-12(13(14)15)16-11-7-6-9-4-3-5-10(9)8-11/h2,6-8H,3-5H2,1H3,(H,14,15)/b12-2-. The number of rotatable bonds is 3. The normalized spacial score (nSPS) is 14.7. The molecule has 1 aromatic rings. The molecule has 0 spiro atoms. The third kappa shape index (κ3) is 2.08. The lowest BCUT2D eigenvalue weighted by Gasteiger charge is -2.07. The van der Waals surface area contributed by atoms with Gasteiger partial charge in [0.1, 0.15) is 5.75 Å². The molecule has 0 aromatic heterocycles. The van der Waals surface area contributed by atoms with Crippen LogP contribution in [-0.2, 0) is 17.6 Å². The molecule has 84 valence electrons. The fraction of sp³-hybridized carbons (Fsp3) is 0.308. The molecule has 0 saturated carbocycles. The second kappa shape index (κ2) is 4.39. The van der Waals surface area contributed by atoms with Gasteiger partial charge in [-0.05, 0) is 55.5 Å². The van der Waals surface area contributed by atoms with Crippen LogP contribution in [0.2, 0.25) is 0 Å². The molecule has 0 bridgehead atoms. The Morgan fingerprint density at radius 2 is 2.12 bits per heavy atom. The molecular formula is C13H14O3. The van der Waals surface area contributed by atoms with E-state index in [9.17, 15) is 4.79 Å². The van der Waals surface area contributed by atoms with Gasteiger partial charge in [-0.1, -0.05) is 6.07 Å². The highest BCUT2D eigenvalue weighted by atomic mass is 16.5. The Labute approximate surface area is 94.4 Å². The Morgan fingerprint density at radius 3 is 2.81 bits per heavy atom. The van der Waals surface area contributed by atoms with E-state index < -0.39 is 5.97 Å². The van der Waals surface area contributed by atoms with Crippen molar-refractivity contribution in [2.45, 2.75) is 26.2 Å². The van der Waals surface area contributed by atoms with Crippen LogP contribution in [0.25, 0.3) is 0 Å². The quantitative estimate of drug-likeness (QED) is 0.626. The van der Waals surface area contributed by atoms with Gasteiger partial charge >= 0.3 is 5.97 Å². The Balaban J connectivity index is 2.19. The molecule has 16 heavy (non-hydrogen) atoms. The first-order valence-corrected chi connectivity index (χ1v) is 5.40. The number of carboxylic acid groups (broad SMARTS) is 1. The van der Waals surface area contributed by atoms with Gasteiger partial charge in [-0.15, -0.1) is 0 Å². The van der Waals surface area contributed by atoms with Gasteiger partial charge in [0, 0.05) is 0 Å². The second-order valence-corrected chi connectivity index (χ2v) is 3.84. The third-order valence-corrected chi connectivity index (χ3v) is 2.77. The van der Waals surface area contributed by atoms with E-state index in [2.05, 4.69) is 0 Å². The average molecular weight is 218 g/mol. The minimum absolute atomic E-state index is 0.0297. The van der Waals surface area contributed by atoms with Gasteiger partial charge in [0.15, 0.2) is 0 Å². The summed E-state index contributed by atoms with van der Waals surface area (Å²) in [4.78, 5) is 10.8. The Hall–Kier alpha value is -1.77. The van der Waals surface area contributed by atoms with Gasteiger partial charge < -0.3 is 9.84 Å². The summed E-state index contributed by atoms with van der Waals surface area (Å²) >= 11 is 0. The van der Waals surface area contributed by atoms with Crippen molar-refractivity contribution in [3.05, 3.63) is 41.2 Å². The van der Waals surface area contributed by atoms with Gasteiger partial charge in [-0.25, -0.2) is 4.79 Å². The number of carbonyl (C=O) groups is 1. The van der Waals surface area contributed by atoms with Crippen molar-refractivity contribution in [3.63, 3.8) is 0 Å². The number of ether oxygens (including phenoxy) is 1. The Kier molecular flexibility index (Phi) is 2.95. The van der Waals surface area contributed by atoms with Gasteiger partial charge in [0.25, 0.3) is 0 Å². The van der Waals surface area contributed by atoms with E-state index in [-0.39, 0.29) is 5.76 Å².